The lowest BCUT2D eigenvalue weighted by atomic mass is 10.3. The number of hydrogen-bond acceptors (Lipinski definition) is 3. The number of fused-ring (bicyclic) bond motifs is 1. The fourth-order valence-electron chi connectivity index (χ4n) is 1.73. The number of pyridine rings is 2. The molecule has 3 rings (SSSR count). The van der Waals surface area contributed by atoms with E-state index in [4.69, 9.17) is 0 Å². The normalized spacial score (nSPS) is 10.9. The molecule has 0 atom stereocenters. The van der Waals surface area contributed by atoms with Crippen LogP contribution in [0.25, 0.3) is 16.7 Å². The van der Waals surface area contributed by atoms with Crippen LogP contribution in [0.5, 0.6) is 0 Å². The number of rotatable bonds is 1. The third kappa shape index (κ3) is 1.82. The fourth-order valence-corrected chi connectivity index (χ4v) is 2.04. The van der Waals surface area contributed by atoms with Gasteiger partial charge in [0.15, 0.2) is 0 Å². The van der Waals surface area contributed by atoms with Crippen LogP contribution in [0.2, 0.25) is 0 Å². The second kappa shape index (κ2) is 3.92. The summed E-state index contributed by atoms with van der Waals surface area (Å²) in [7, 11) is 0. The Bertz CT molecular complexity index is 690. The van der Waals surface area contributed by atoms with Crippen LogP contribution in [0, 0.1) is 6.92 Å². The number of hydrogen-bond donors (Lipinski definition) is 0. The van der Waals surface area contributed by atoms with Gasteiger partial charge in [0, 0.05) is 23.1 Å². The molecule has 3 heterocycles. The zero-order valence-electron chi connectivity index (χ0n) is 9.13. The highest BCUT2D eigenvalue weighted by atomic mass is 79.9. The van der Waals surface area contributed by atoms with E-state index >= 15 is 0 Å². The highest BCUT2D eigenvalue weighted by Crippen LogP contribution is 2.20. The first kappa shape index (κ1) is 10.4. The van der Waals surface area contributed by atoms with Crippen molar-refractivity contribution in [3.05, 3.63) is 47.0 Å². The van der Waals surface area contributed by atoms with Crippen LogP contribution in [0.3, 0.4) is 0 Å². The van der Waals surface area contributed by atoms with Crippen LogP contribution in [-0.4, -0.2) is 19.7 Å². The average molecular weight is 289 g/mol. The Morgan fingerprint density at radius 1 is 1.24 bits per heavy atom. The van der Waals surface area contributed by atoms with Crippen molar-refractivity contribution >= 4 is 27.0 Å². The summed E-state index contributed by atoms with van der Waals surface area (Å²) < 4.78 is 2.74. The minimum Gasteiger partial charge on any atom is -0.254 e. The van der Waals surface area contributed by atoms with Crippen LogP contribution in [0.15, 0.2) is 41.3 Å². The topological polar surface area (TPSA) is 43.6 Å². The maximum Gasteiger partial charge on any atom is 0.114 e. The van der Waals surface area contributed by atoms with Crippen LogP contribution in [0.4, 0.5) is 0 Å². The Kier molecular flexibility index (Phi) is 2.40. The van der Waals surface area contributed by atoms with E-state index in [2.05, 4.69) is 31.0 Å². The first-order valence-electron chi connectivity index (χ1n) is 5.17. The molecule has 0 N–H and O–H groups in total. The van der Waals surface area contributed by atoms with Gasteiger partial charge >= 0.3 is 0 Å². The summed E-state index contributed by atoms with van der Waals surface area (Å²) in [6.07, 6.45) is 5.46. The maximum absolute atomic E-state index is 4.40. The molecule has 0 saturated carbocycles. The van der Waals surface area contributed by atoms with Crippen molar-refractivity contribution < 1.29 is 0 Å². The first-order valence-corrected chi connectivity index (χ1v) is 5.96. The quantitative estimate of drug-likeness (QED) is 0.692. The van der Waals surface area contributed by atoms with Gasteiger partial charge in [0.05, 0.1) is 16.9 Å². The van der Waals surface area contributed by atoms with Crippen LogP contribution in [0.1, 0.15) is 5.69 Å². The Morgan fingerprint density at radius 3 is 2.88 bits per heavy atom. The van der Waals surface area contributed by atoms with Gasteiger partial charge in [-0.1, -0.05) is 0 Å². The van der Waals surface area contributed by atoms with Gasteiger partial charge in [0.1, 0.15) is 5.52 Å². The van der Waals surface area contributed by atoms with Crippen molar-refractivity contribution in [1.82, 2.24) is 19.7 Å². The molecule has 3 aromatic rings. The second-order valence-corrected chi connectivity index (χ2v) is 4.67. The number of aromatic nitrogens is 4. The lowest BCUT2D eigenvalue weighted by Gasteiger charge is -2.05. The minimum atomic E-state index is 0.846. The molecule has 4 nitrogen and oxygen atoms in total. The van der Waals surface area contributed by atoms with Crippen molar-refractivity contribution in [2.75, 3.05) is 0 Å². The molecule has 0 aliphatic carbocycles. The highest BCUT2D eigenvalue weighted by Gasteiger charge is 2.06. The van der Waals surface area contributed by atoms with Crippen molar-refractivity contribution in [3.8, 4) is 5.69 Å². The second-order valence-electron chi connectivity index (χ2n) is 3.75. The maximum atomic E-state index is 4.40. The molecule has 3 aromatic heterocycles. The summed E-state index contributed by atoms with van der Waals surface area (Å²) >= 11 is 3.39. The molecule has 84 valence electrons. The number of nitrogens with zero attached hydrogens (tertiary/aromatic N) is 4. The van der Waals surface area contributed by atoms with Gasteiger partial charge in [-0.2, -0.15) is 5.10 Å². The Balaban J connectivity index is 2.30. The van der Waals surface area contributed by atoms with Gasteiger partial charge in [-0.3, -0.25) is 9.97 Å². The highest BCUT2D eigenvalue weighted by molar-refractivity contribution is 9.10. The largest absolute Gasteiger partial charge is 0.254 e. The van der Waals surface area contributed by atoms with Crippen molar-refractivity contribution in [2.24, 2.45) is 0 Å². The monoisotopic (exact) mass is 288 g/mol. The summed E-state index contributed by atoms with van der Waals surface area (Å²) in [6.45, 7) is 1.96. The van der Waals surface area contributed by atoms with Gasteiger partial charge in [-0.15, -0.1) is 0 Å². The standard InChI is InChI=1S/C12H9BrN4/c1-8-3-5-17(16-8)11-2-4-14-10-6-9(13)7-15-12(10)11/h2-7H,1H3. The smallest absolute Gasteiger partial charge is 0.114 e. The number of halogens is 1. The summed E-state index contributed by atoms with van der Waals surface area (Å²) in [4.78, 5) is 8.70. The van der Waals surface area contributed by atoms with Gasteiger partial charge in [0.2, 0.25) is 0 Å². The van der Waals surface area contributed by atoms with E-state index in [0.29, 0.717) is 0 Å². The lowest BCUT2D eigenvalue weighted by Crippen LogP contribution is -1.98. The third-order valence-electron chi connectivity index (χ3n) is 2.49. The predicted octanol–water partition coefficient (Wildman–Crippen LogP) is 2.89. The van der Waals surface area contributed by atoms with Crippen LogP contribution < -0.4 is 0 Å². The molecule has 0 amide bonds. The zero-order valence-corrected chi connectivity index (χ0v) is 10.7. The average Bonchev–Trinajstić information content (AvgIpc) is 2.74. The minimum absolute atomic E-state index is 0.846. The predicted molar refractivity (Wildman–Crippen MR) is 69.1 cm³/mol. The molecule has 17 heavy (non-hydrogen) atoms. The van der Waals surface area contributed by atoms with Gasteiger partial charge < -0.3 is 0 Å². The molecule has 0 aliphatic heterocycles. The Hall–Kier alpha value is -1.75. The molecule has 0 saturated heterocycles. The van der Waals surface area contributed by atoms with Crippen LogP contribution in [-0.2, 0) is 0 Å². The summed E-state index contributed by atoms with van der Waals surface area (Å²) in [6, 6.07) is 5.82. The van der Waals surface area contributed by atoms with E-state index in [1.807, 2.05) is 36.0 Å². The molecule has 0 spiro atoms. The van der Waals surface area contributed by atoms with E-state index < -0.39 is 0 Å². The molecular formula is C12H9BrN4. The first-order chi connectivity index (χ1) is 8.24. The van der Waals surface area contributed by atoms with E-state index in [9.17, 15) is 0 Å². The summed E-state index contributed by atoms with van der Waals surface area (Å²) in [5.74, 6) is 0. The Labute approximate surface area is 106 Å². The molecule has 0 unspecified atom stereocenters. The van der Waals surface area contributed by atoms with Crippen molar-refractivity contribution in [1.29, 1.82) is 0 Å². The van der Waals surface area contributed by atoms with E-state index in [0.717, 1.165) is 26.9 Å². The molecular weight excluding hydrogens is 280 g/mol. The Morgan fingerprint density at radius 2 is 2.12 bits per heavy atom. The van der Waals surface area contributed by atoms with Gasteiger partial charge in [0.25, 0.3) is 0 Å². The van der Waals surface area contributed by atoms with Gasteiger partial charge in [-0.25, -0.2) is 4.68 Å². The third-order valence-corrected chi connectivity index (χ3v) is 2.93. The zero-order chi connectivity index (χ0) is 11.8. The van der Waals surface area contributed by atoms with Crippen molar-refractivity contribution in [2.45, 2.75) is 6.92 Å². The van der Waals surface area contributed by atoms with E-state index in [1.165, 1.54) is 0 Å². The summed E-state index contributed by atoms with van der Waals surface area (Å²) in [5, 5.41) is 4.39. The van der Waals surface area contributed by atoms with E-state index in [-0.39, 0.29) is 0 Å². The molecule has 0 aromatic carbocycles. The molecule has 5 heteroatoms. The number of aryl methyl sites for hydroxylation is 1. The van der Waals surface area contributed by atoms with Crippen LogP contribution >= 0.6 is 15.9 Å². The molecule has 0 fully saturated rings. The molecule has 0 bridgehead atoms. The molecule has 0 aliphatic rings. The van der Waals surface area contributed by atoms with Gasteiger partial charge in [-0.05, 0) is 41.1 Å². The SMILES string of the molecule is Cc1ccn(-c2ccnc3cc(Br)cnc23)n1. The fraction of sp³-hybridized carbons (Fsp3) is 0.0833. The van der Waals surface area contributed by atoms with E-state index in [1.54, 1.807) is 12.4 Å². The molecule has 0 radical (unpaired) electrons. The van der Waals surface area contributed by atoms with Crippen molar-refractivity contribution in [3.63, 3.8) is 0 Å². The lowest BCUT2D eigenvalue weighted by molar-refractivity contribution is 0.865. The summed E-state index contributed by atoms with van der Waals surface area (Å²) in [5.41, 5.74) is 3.62.